The molecule has 1 aliphatic rings. The lowest BCUT2D eigenvalue weighted by Crippen LogP contribution is -2.16. The highest BCUT2D eigenvalue weighted by Gasteiger charge is 2.24. The molecule has 0 aromatic carbocycles. The second-order valence-corrected chi connectivity index (χ2v) is 1.96. The minimum Gasteiger partial charge on any atom is -0.357 e. The van der Waals surface area contributed by atoms with Gasteiger partial charge in [-0.25, -0.2) is 0 Å². The van der Waals surface area contributed by atoms with Crippen LogP contribution in [0.3, 0.4) is 0 Å². The maximum Gasteiger partial charge on any atom is 0.277 e. The molecule has 0 aromatic heterocycles. The van der Waals surface area contributed by atoms with E-state index in [4.69, 9.17) is 0 Å². The molecule has 0 spiro atoms. The van der Waals surface area contributed by atoms with E-state index >= 15 is 0 Å². The molecule has 0 unspecified atom stereocenters. The molecule has 7 nitrogen and oxygen atoms in total. The minimum absolute atomic E-state index is 0.329. The highest BCUT2D eigenvalue weighted by molar-refractivity contribution is 5.23. The van der Waals surface area contributed by atoms with E-state index in [1.165, 1.54) is 0 Å². The van der Waals surface area contributed by atoms with Crippen LogP contribution in [0.25, 0.3) is 0 Å². The average molecular weight is 170 g/mol. The van der Waals surface area contributed by atoms with Crippen LogP contribution in [0.15, 0.2) is 23.8 Å². The molecule has 7 heteroatoms. The van der Waals surface area contributed by atoms with Crippen molar-refractivity contribution in [3.8, 4) is 0 Å². The fraction of sp³-hybridized carbons (Fsp3) is 0. The van der Waals surface area contributed by atoms with E-state index in [0.29, 0.717) is 0 Å². The summed E-state index contributed by atoms with van der Waals surface area (Å²) in [5.74, 6) is 0. The van der Waals surface area contributed by atoms with Crippen LogP contribution in [0.4, 0.5) is 0 Å². The number of nitrogens with zero attached hydrogens (tertiary/aromatic N) is 2. The summed E-state index contributed by atoms with van der Waals surface area (Å²) in [6.07, 6.45) is 3.04. The predicted molar refractivity (Wildman–Crippen MR) is 37.6 cm³/mol. The number of hydrogen-bond acceptors (Lipinski definition) is 5. The van der Waals surface area contributed by atoms with Gasteiger partial charge in [0.05, 0.1) is 22.2 Å². The van der Waals surface area contributed by atoms with Gasteiger partial charge in [0.25, 0.3) is 11.4 Å². The normalized spacial score (nSPS) is 15.7. The summed E-state index contributed by atoms with van der Waals surface area (Å²) in [5.41, 5.74) is -0.659. The fourth-order valence-corrected chi connectivity index (χ4v) is 0.658. The summed E-state index contributed by atoms with van der Waals surface area (Å²) in [6.45, 7) is 0. The van der Waals surface area contributed by atoms with Crippen molar-refractivity contribution in [2.24, 2.45) is 0 Å². The van der Waals surface area contributed by atoms with Crippen LogP contribution >= 0.6 is 0 Å². The van der Waals surface area contributed by atoms with Gasteiger partial charge < -0.3 is 5.32 Å². The van der Waals surface area contributed by atoms with Gasteiger partial charge in [0.15, 0.2) is 6.42 Å². The molecule has 1 heterocycles. The second kappa shape index (κ2) is 2.99. The summed E-state index contributed by atoms with van der Waals surface area (Å²) >= 11 is 0. The molecule has 0 atom stereocenters. The van der Waals surface area contributed by atoms with Crippen LogP contribution in [0.2, 0.25) is 0 Å². The maximum absolute atomic E-state index is 10.1. The lowest BCUT2D eigenvalue weighted by Gasteiger charge is -2.02. The van der Waals surface area contributed by atoms with Crippen molar-refractivity contribution in [1.29, 1.82) is 0 Å². The van der Waals surface area contributed by atoms with Crippen molar-refractivity contribution in [3.63, 3.8) is 0 Å². The first-order valence-corrected chi connectivity index (χ1v) is 2.91. The number of dihydropyridines is 1. The molecule has 0 fully saturated rings. The van der Waals surface area contributed by atoms with Crippen LogP contribution in [-0.2, 0) is 0 Å². The SMILES string of the molecule is O=[N+]([O-])C1=CNC=C([N+](=O)[O-])[CH]1. The summed E-state index contributed by atoms with van der Waals surface area (Å²) in [4.78, 5) is 18.9. The van der Waals surface area contributed by atoms with E-state index < -0.39 is 9.85 Å². The Hall–Kier alpha value is -1.92. The molecule has 63 valence electrons. The van der Waals surface area contributed by atoms with Gasteiger partial charge in [-0.3, -0.25) is 20.2 Å². The fourth-order valence-electron chi connectivity index (χ4n) is 0.658. The topological polar surface area (TPSA) is 98.3 Å². The van der Waals surface area contributed by atoms with Gasteiger partial charge in [0.1, 0.15) is 0 Å². The lowest BCUT2D eigenvalue weighted by atomic mass is 10.2. The van der Waals surface area contributed by atoms with Crippen molar-refractivity contribution in [2.75, 3.05) is 0 Å². The van der Waals surface area contributed by atoms with Crippen molar-refractivity contribution in [1.82, 2.24) is 5.32 Å². The molecule has 0 bridgehead atoms. The summed E-state index contributed by atoms with van der Waals surface area (Å²) in [6, 6.07) is 0. The van der Waals surface area contributed by atoms with Crippen molar-refractivity contribution >= 4 is 0 Å². The van der Waals surface area contributed by atoms with E-state index in [1.807, 2.05) is 0 Å². The van der Waals surface area contributed by atoms with Crippen molar-refractivity contribution in [2.45, 2.75) is 0 Å². The standard InChI is InChI=1S/C5H4N3O4/c9-7(10)4-1-5(8(11)12)3-6-2-4/h1-3,6H. The van der Waals surface area contributed by atoms with Gasteiger partial charge in [-0.15, -0.1) is 0 Å². The maximum atomic E-state index is 10.1. The number of hydrogen-bond donors (Lipinski definition) is 1. The first-order chi connectivity index (χ1) is 5.61. The average Bonchev–Trinajstić information content (AvgIpc) is 2.04. The Kier molecular flexibility index (Phi) is 2.04. The molecule has 0 saturated carbocycles. The first-order valence-electron chi connectivity index (χ1n) is 2.91. The Labute approximate surface area is 66.7 Å². The molecule has 0 amide bonds. The zero-order valence-electron chi connectivity index (χ0n) is 5.76. The molecule has 1 N–H and O–H groups in total. The smallest absolute Gasteiger partial charge is 0.277 e. The molecule has 1 aliphatic heterocycles. The van der Waals surface area contributed by atoms with Gasteiger partial charge >= 0.3 is 0 Å². The van der Waals surface area contributed by atoms with Crippen molar-refractivity contribution in [3.05, 3.63) is 50.4 Å². The summed E-state index contributed by atoms with van der Waals surface area (Å²) in [5, 5.41) is 22.6. The summed E-state index contributed by atoms with van der Waals surface area (Å²) in [7, 11) is 0. The Morgan fingerprint density at radius 2 is 1.50 bits per heavy atom. The quantitative estimate of drug-likeness (QED) is 0.465. The Morgan fingerprint density at radius 3 is 1.83 bits per heavy atom. The minimum atomic E-state index is -0.705. The van der Waals surface area contributed by atoms with E-state index in [9.17, 15) is 20.2 Å². The van der Waals surface area contributed by atoms with Gasteiger partial charge in [-0.2, -0.15) is 0 Å². The van der Waals surface area contributed by atoms with E-state index in [-0.39, 0.29) is 11.4 Å². The zero-order chi connectivity index (χ0) is 9.14. The van der Waals surface area contributed by atoms with Gasteiger partial charge in [0.2, 0.25) is 0 Å². The van der Waals surface area contributed by atoms with Crippen LogP contribution in [-0.4, -0.2) is 9.85 Å². The van der Waals surface area contributed by atoms with Gasteiger partial charge in [0, 0.05) is 0 Å². The molecular weight excluding hydrogens is 166 g/mol. The molecule has 12 heavy (non-hydrogen) atoms. The van der Waals surface area contributed by atoms with Crippen LogP contribution in [0.1, 0.15) is 0 Å². The lowest BCUT2D eigenvalue weighted by molar-refractivity contribution is -0.440. The zero-order valence-corrected chi connectivity index (χ0v) is 5.76. The number of rotatable bonds is 2. The third kappa shape index (κ3) is 1.57. The Morgan fingerprint density at radius 1 is 1.08 bits per heavy atom. The number of nitrogens with one attached hydrogen (secondary N) is 1. The third-order valence-corrected chi connectivity index (χ3v) is 1.18. The monoisotopic (exact) mass is 170 g/mol. The van der Waals surface area contributed by atoms with Gasteiger partial charge in [-0.1, -0.05) is 0 Å². The largest absolute Gasteiger partial charge is 0.357 e. The highest BCUT2D eigenvalue weighted by Crippen LogP contribution is 2.12. The van der Waals surface area contributed by atoms with Crippen LogP contribution in [0, 0.1) is 26.6 Å². The Bertz CT molecular complexity index is 265. The molecule has 0 saturated heterocycles. The molecule has 0 aromatic rings. The second-order valence-electron chi connectivity index (χ2n) is 1.96. The third-order valence-electron chi connectivity index (χ3n) is 1.18. The van der Waals surface area contributed by atoms with Crippen LogP contribution in [0.5, 0.6) is 0 Å². The summed E-state index contributed by atoms with van der Waals surface area (Å²) < 4.78 is 0. The van der Waals surface area contributed by atoms with Gasteiger partial charge in [-0.05, 0) is 0 Å². The van der Waals surface area contributed by atoms with E-state index in [1.54, 1.807) is 0 Å². The van der Waals surface area contributed by atoms with E-state index in [0.717, 1.165) is 18.8 Å². The number of nitro groups is 2. The molecule has 1 rings (SSSR count). The predicted octanol–water partition coefficient (Wildman–Crippen LogP) is 0.0301. The molecule has 1 radical (unpaired) electrons. The molecule has 0 aliphatic carbocycles. The molecular formula is C5H4N3O4. The highest BCUT2D eigenvalue weighted by atomic mass is 16.6. The van der Waals surface area contributed by atoms with Crippen LogP contribution < -0.4 is 5.32 Å². The van der Waals surface area contributed by atoms with Crippen molar-refractivity contribution < 1.29 is 9.85 Å². The Balaban J connectivity index is 2.73. The van der Waals surface area contributed by atoms with E-state index in [2.05, 4.69) is 5.32 Å². The first kappa shape index (κ1) is 8.18.